The lowest BCUT2D eigenvalue weighted by Gasteiger charge is -2.32. The van der Waals surface area contributed by atoms with Crippen molar-refractivity contribution in [2.45, 2.75) is 19.0 Å². The summed E-state index contributed by atoms with van der Waals surface area (Å²) < 4.78 is 43.1. The third-order valence-corrected chi connectivity index (χ3v) is 4.92. The number of methoxy groups -OCH3 is 1. The molecule has 2 aromatic rings. The summed E-state index contributed by atoms with van der Waals surface area (Å²) in [7, 11) is 1.45. The standard InChI is InChI=1S/C20H21F3N4O3/c1-30-16-5-3-2-4-15(16)19(29)26-25-18(28)13-8-10-27(11-9-13)17-7-6-14(12-24-17)20(21,22)23/h2-7,12-13H,8-11H2,1H3,(H,25,28)(H,26,29). The van der Waals surface area contributed by atoms with Crippen LogP contribution in [0.4, 0.5) is 19.0 Å². The number of alkyl halides is 3. The molecule has 1 aliphatic heterocycles. The van der Waals surface area contributed by atoms with Crippen molar-refractivity contribution in [2.75, 3.05) is 25.1 Å². The van der Waals surface area contributed by atoms with Crippen molar-refractivity contribution in [3.8, 4) is 5.75 Å². The van der Waals surface area contributed by atoms with Crippen LogP contribution >= 0.6 is 0 Å². The second kappa shape index (κ2) is 9.02. The van der Waals surface area contributed by atoms with Crippen LogP contribution in [0.5, 0.6) is 5.75 Å². The zero-order valence-electron chi connectivity index (χ0n) is 16.2. The molecule has 0 bridgehead atoms. The summed E-state index contributed by atoms with van der Waals surface area (Å²) >= 11 is 0. The number of hydrazine groups is 1. The van der Waals surface area contributed by atoms with E-state index in [1.165, 1.54) is 13.2 Å². The van der Waals surface area contributed by atoms with Crippen molar-refractivity contribution in [1.29, 1.82) is 0 Å². The lowest BCUT2D eigenvalue weighted by Crippen LogP contribution is -2.47. The van der Waals surface area contributed by atoms with Crippen LogP contribution in [0, 0.1) is 5.92 Å². The summed E-state index contributed by atoms with van der Waals surface area (Å²) in [6, 6.07) is 8.96. The van der Waals surface area contributed by atoms with E-state index >= 15 is 0 Å². The summed E-state index contributed by atoms with van der Waals surface area (Å²) in [4.78, 5) is 30.3. The Kier molecular flexibility index (Phi) is 6.43. The van der Waals surface area contributed by atoms with Crippen molar-refractivity contribution >= 4 is 17.6 Å². The molecule has 0 unspecified atom stereocenters. The number of carbonyl (C=O) groups excluding carboxylic acids is 2. The van der Waals surface area contributed by atoms with Gasteiger partial charge in [-0.15, -0.1) is 0 Å². The van der Waals surface area contributed by atoms with Crippen LogP contribution in [0.3, 0.4) is 0 Å². The van der Waals surface area contributed by atoms with E-state index in [1.54, 1.807) is 24.3 Å². The summed E-state index contributed by atoms with van der Waals surface area (Å²) in [5, 5.41) is 0. The zero-order chi connectivity index (χ0) is 21.7. The Morgan fingerprint density at radius 3 is 2.40 bits per heavy atom. The third-order valence-electron chi connectivity index (χ3n) is 4.92. The first kappa shape index (κ1) is 21.4. The summed E-state index contributed by atoms with van der Waals surface area (Å²) in [6.45, 7) is 0.938. The number of nitrogens with zero attached hydrogens (tertiary/aromatic N) is 2. The molecule has 0 saturated carbocycles. The number of para-hydroxylation sites is 1. The highest BCUT2D eigenvalue weighted by molar-refractivity contribution is 5.98. The average Bonchev–Trinajstić information content (AvgIpc) is 2.76. The number of hydrogen-bond acceptors (Lipinski definition) is 5. The fraction of sp³-hybridized carbons (Fsp3) is 0.350. The zero-order valence-corrected chi connectivity index (χ0v) is 16.2. The maximum atomic E-state index is 12.6. The molecule has 1 fully saturated rings. The normalized spacial score (nSPS) is 14.9. The minimum atomic E-state index is -4.43. The van der Waals surface area contributed by atoms with E-state index in [9.17, 15) is 22.8 Å². The van der Waals surface area contributed by atoms with E-state index in [4.69, 9.17) is 4.74 Å². The van der Waals surface area contributed by atoms with Crippen LogP contribution < -0.4 is 20.5 Å². The number of nitrogens with one attached hydrogen (secondary N) is 2. The molecule has 160 valence electrons. The number of pyridine rings is 1. The molecule has 2 amide bonds. The SMILES string of the molecule is COc1ccccc1C(=O)NNC(=O)C1CCN(c2ccc(C(F)(F)F)cn2)CC1. The van der Waals surface area contributed by atoms with Crippen LogP contribution in [0.15, 0.2) is 42.6 Å². The highest BCUT2D eigenvalue weighted by Gasteiger charge is 2.31. The Bertz CT molecular complexity index is 895. The number of rotatable bonds is 4. The van der Waals surface area contributed by atoms with Gasteiger partial charge in [0, 0.05) is 25.2 Å². The molecule has 0 radical (unpaired) electrons. The second-order valence-corrected chi connectivity index (χ2v) is 6.81. The van der Waals surface area contributed by atoms with Gasteiger partial charge in [0.2, 0.25) is 5.91 Å². The van der Waals surface area contributed by atoms with Gasteiger partial charge in [-0.25, -0.2) is 4.98 Å². The first-order valence-electron chi connectivity index (χ1n) is 9.31. The van der Waals surface area contributed by atoms with Crippen LogP contribution in [-0.2, 0) is 11.0 Å². The van der Waals surface area contributed by atoms with E-state index in [1.807, 2.05) is 4.90 Å². The smallest absolute Gasteiger partial charge is 0.417 e. The summed E-state index contributed by atoms with van der Waals surface area (Å²) in [5.41, 5.74) is 4.31. The van der Waals surface area contributed by atoms with E-state index in [-0.39, 0.29) is 11.8 Å². The number of amides is 2. The molecule has 2 N–H and O–H groups in total. The highest BCUT2D eigenvalue weighted by Crippen LogP contribution is 2.30. The van der Waals surface area contributed by atoms with Crippen LogP contribution in [0.1, 0.15) is 28.8 Å². The number of benzene rings is 1. The first-order valence-corrected chi connectivity index (χ1v) is 9.31. The lowest BCUT2D eigenvalue weighted by atomic mass is 9.96. The molecule has 7 nitrogen and oxygen atoms in total. The Hall–Kier alpha value is -3.30. The third kappa shape index (κ3) is 5.00. The minimum Gasteiger partial charge on any atom is -0.496 e. The van der Waals surface area contributed by atoms with Crippen molar-refractivity contribution < 1.29 is 27.5 Å². The van der Waals surface area contributed by atoms with Crippen molar-refractivity contribution in [3.63, 3.8) is 0 Å². The van der Waals surface area contributed by atoms with Gasteiger partial charge < -0.3 is 9.64 Å². The number of halogens is 3. The molecule has 0 atom stereocenters. The molecule has 1 aromatic carbocycles. The van der Waals surface area contributed by atoms with Crippen LogP contribution in [0.2, 0.25) is 0 Å². The maximum absolute atomic E-state index is 12.6. The molecule has 1 saturated heterocycles. The fourth-order valence-electron chi connectivity index (χ4n) is 3.23. The number of hydrogen-bond donors (Lipinski definition) is 2. The van der Waals surface area contributed by atoms with Gasteiger partial charge in [-0.2, -0.15) is 13.2 Å². The topological polar surface area (TPSA) is 83.6 Å². The van der Waals surface area contributed by atoms with Gasteiger partial charge >= 0.3 is 6.18 Å². The number of carbonyl (C=O) groups is 2. The number of ether oxygens (including phenoxy) is 1. The fourth-order valence-corrected chi connectivity index (χ4v) is 3.23. The van der Waals surface area contributed by atoms with Crippen molar-refractivity contribution in [1.82, 2.24) is 15.8 Å². The Morgan fingerprint density at radius 1 is 1.10 bits per heavy atom. The van der Waals surface area contributed by atoms with E-state index in [2.05, 4.69) is 15.8 Å². The largest absolute Gasteiger partial charge is 0.496 e. The average molecular weight is 422 g/mol. The van der Waals surface area contributed by atoms with Crippen LogP contribution in [-0.4, -0.2) is 37.0 Å². The second-order valence-electron chi connectivity index (χ2n) is 6.81. The molecular weight excluding hydrogens is 401 g/mol. The predicted molar refractivity (Wildman–Crippen MR) is 103 cm³/mol. The molecule has 10 heteroatoms. The highest BCUT2D eigenvalue weighted by atomic mass is 19.4. The molecule has 3 rings (SSSR count). The Morgan fingerprint density at radius 2 is 1.80 bits per heavy atom. The molecule has 30 heavy (non-hydrogen) atoms. The molecular formula is C20H21F3N4O3. The lowest BCUT2D eigenvalue weighted by molar-refractivity contribution is -0.137. The molecule has 1 aromatic heterocycles. The monoisotopic (exact) mass is 422 g/mol. The maximum Gasteiger partial charge on any atom is 0.417 e. The van der Waals surface area contributed by atoms with Gasteiger partial charge in [-0.3, -0.25) is 20.4 Å². The quantitative estimate of drug-likeness (QED) is 0.741. The summed E-state index contributed by atoms with van der Waals surface area (Å²) in [5.74, 6) is -0.313. The minimum absolute atomic E-state index is 0.295. The number of anilines is 1. The van der Waals surface area contributed by atoms with E-state index < -0.39 is 17.6 Å². The van der Waals surface area contributed by atoms with Gasteiger partial charge in [0.1, 0.15) is 11.6 Å². The molecule has 0 spiro atoms. The molecule has 1 aliphatic rings. The van der Waals surface area contributed by atoms with E-state index in [0.717, 1.165) is 12.3 Å². The van der Waals surface area contributed by atoms with Gasteiger partial charge in [0.05, 0.1) is 18.2 Å². The number of aromatic nitrogens is 1. The molecule has 2 heterocycles. The van der Waals surface area contributed by atoms with Crippen molar-refractivity contribution in [3.05, 3.63) is 53.7 Å². The Balaban J connectivity index is 1.50. The number of piperidine rings is 1. The Labute approximate surface area is 171 Å². The van der Waals surface area contributed by atoms with Crippen LogP contribution in [0.25, 0.3) is 0 Å². The first-order chi connectivity index (χ1) is 14.3. The van der Waals surface area contributed by atoms with E-state index in [0.29, 0.717) is 43.1 Å². The predicted octanol–water partition coefficient (Wildman–Crippen LogP) is 2.79. The van der Waals surface area contributed by atoms with Gasteiger partial charge in [-0.1, -0.05) is 12.1 Å². The van der Waals surface area contributed by atoms with Gasteiger partial charge in [0.15, 0.2) is 0 Å². The molecule has 0 aliphatic carbocycles. The van der Waals surface area contributed by atoms with Gasteiger partial charge in [0.25, 0.3) is 5.91 Å². The van der Waals surface area contributed by atoms with Gasteiger partial charge in [-0.05, 0) is 37.1 Å². The summed E-state index contributed by atoms with van der Waals surface area (Å²) in [6.07, 6.45) is -2.65. The van der Waals surface area contributed by atoms with Crippen molar-refractivity contribution in [2.24, 2.45) is 5.92 Å².